The van der Waals surface area contributed by atoms with Crippen LogP contribution in [0.5, 0.6) is 0 Å². The fourth-order valence-corrected chi connectivity index (χ4v) is 2.79. The van der Waals surface area contributed by atoms with Crippen molar-refractivity contribution >= 4 is 22.0 Å². The van der Waals surface area contributed by atoms with Crippen LogP contribution in [-0.2, 0) is 6.42 Å². The molecule has 3 nitrogen and oxygen atoms in total. The molecular formula is C16H23BrN2O. The highest BCUT2D eigenvalue weighted by molar-refractivity contribution is 9.10. The predicted molar refractivity (Wildman–Crippen MR) is 85.8 cm³/mol. The van der Waals surface area contributed by atoms with Crippen LogP contribution < -0.4 is 5.32 Å². The number of amides is 2. The van der Waals surface area contributed by atoms with Gasteiger partial charge in [0.2, 0.25) is 0 Å². The van der Waals surface area contributed by atoms with Gasteiger partial charge < -0.3 is 10.2 Å². The third-order valence-corrected chi connectivity index (χ3v) is 4.39. The van der Waals surface area contributed by atoms with Crippen LogP contribution in [0.2, 0.25) is 0 Å². The van der Waals surface area contributed by atoms with Crippen LogP contribution in [0.4, 0.5) is 4.79 Å². The van der Waals surface area contributed by atoms with Crippen molar-refractivity contribution in [2.45, 2.75) is 39.2 Å². The number of benzene rings is 1. The molecule has 1 fully saturated rings. The highest BCUT2D eigenvalue weighted by Gasteiger charge is 2.23. The van der Waals surface area contributed by atoms with Gasteiger partial charge in [-0.25, -0.2) is 4.79 Å². The number of carbonyl (C=O) groups is 1. The summed E-state index contributed by atoms with van der Waals surface area (Å²) in [6.07, 6.45) is 3.09. The molecule has 110 valence electrons. The number of nitrogens with one attached hydrogen (secondary N) is 1. The minimum absolute atomic E-state index is 0.0951. The second kappa shape index (κ2) is 7.11. The van der Waals surface area contributed by atoms with Gasteiger partial charge in [-0.05, 0) is 49.8 Å². The molecule has 1 aromatic carbocycles. The average molecular weight is 339 g/mol. The first-order chi connectivity index (χ1) is 9.54. The van der Waals surface area contributed by atoms with E-state index in [2.05, 4.69) is 59.4 Å². The van der Waals surface area contributed by atoms with Gasteiger partial charge in [-0.15, -0.1) is 0 Å². The molecule has 0 saturated carbocycles. The van der Waals surface area contributed by atoms with E-state index >= 15 is 0 Å². The maximum Gasteiger partial charge on any atom is 0.317 e. The van der Waals surface area contributed by atoms with Crippen LogP contribution in [0.1, 0.15) is 32.3 Å². The maximum absolute atomic E-state index is 12.1. The average Bonchev–Trinajstić information content (AvgIpc) is 2.85. The molecular weight excluding hydrogens is 316 g/mol. The molecule has 4 heteroatoms. The normalized spacial score (nSPS) is 19.9. The van der Waals surface area contributed by atoms with Crippen molar-refractivity contribution in [2.24, 2.45) is 5.92 Å². The van der Waals surface area contributed by atoms with Gasteiger partial charge in [0.05, 0.1) is 0 Å². The summed E-state index contributed by atoms with van der Waals surface area (Å²) in [5.74, 6) is 0.638. The van der Waals surface area contributed by atoms with Crippen LogP contribution in [0, 0.1) is 5.92 Å². The number of rotatable bonds is 4. The van der Waals surface area contributed by atoms with Crippen LogP contribution in [-0.4, -0.2) is 30.1 Å². The summed E-state index contributed by atoms with van der Waals surface area (Å²) in [4.78, 5) is 14.0. The summed E-state index contributed by atoms with van der Waals surface area (Å²) in [6.45, 7) is 6.07. The van der Waals surface area contributed by atoms with Crippen LogP contribution in [0.3, 0.4) is 0 Å². The Hall–Kier alpha value is -1.03. The number of nitrogens with zero attached hydrogens (tertiary/aromatic N) is 1. The lowest BCUT2D eigenvalue weighted by molar-refractivity contribution is 0.203. The molecule has 1 heterocycles. The molecule has 0 aromatic heterocycles. The maximum atomic E-state index is 12.1. The largest absolute Gasteiger partial charge is 0.336 e. The quantitative estimate of drug-likeness (QED) is 0.889. The Bertz CT molecular complexity index is 446. The van der Waals surface area contributed by atoms with Crippen molar-refractivity contribution in [1.29, 1.82) is 0 Å². The summed E-state index contributed by atoms with van der Waals surface area (Å²) in [5, 5.41) is 3.10. The molecule has 2 amide bonds. The van der Waals surface area contributed by atoms with E-state index in [-0.39, 0.29) is 12.1 Å². The topological polar surface area (TPSA) is 32.3 Å². The number of urea groups is 1. The molecule has 2 unspecified atom stereocenters. The Balaban J connectivity index is 1.73. The smallest absolute Gasteiger partial charge is 0.317 e. The Labute approximate surface area is 129 Å². The van der Waals surface area contributed by atoms with Gasteiger partial charge in [-0.1, -0.05) is 35.0 Å². The van der Waals surface area contributed by atoms with Gasteiger partial charge in [-0.3, -0.25) is 0 Å². The summed E-state index contributed by atoms with van der Waals surface area (Å²) < 4.78 is 1.10. The van der Waals surface area contributed by atoms with Crippen LogP contribution in [0.15, 0.2) is 28.7 Å². The zero-order valence-corrected chi connectivity index (χ0v) is 13.8. The minimum atomic E-state index is 0.0951. The first-order valence-corrected chi connectivity index (χ1v) is 8.14. The number of aryl methyl sites for hydroxylation is 1. The van der Waals surface area contributed by atoms with E-state index in [1.54, 1.807) is 0 Å². The standard InChI is InChI=1S/C16H23BrN2O/c1-12-9-10-19(11-12)16(20)18-13(2)3-4-14-5-7-15(17)8-6-14/h5-8,12-13H,3-4,9-11H2,1-2H3,(H,18,20). The Morgan fingerprint density at radius 3 is 2.75 bits per heavy atom. The van der Waals surface area contributed by atoms with Crippen molar-refractivity contribution in [3.63, 3.8) is 0 Å². The summed E-state index contributed by atoms with van der Waals surface area (Å²) in [7, 11) is 0. The van der Waals surface area contributed by atoms with Crippen LogP contribution in [0.25, 0.3) is 0 Å². The van der Waals surface area contributed by atoms with E-state index in [1.807, 2.05) is 4.90 Å². The first-order valence-electron chi connectivity index (χ1n) is 7.34. The van der Waals surface area contributed by atoms with E-state index in [9.17, 15) is 4.79 Å². The number of halogens is 1. The number of hydrogen-bond acceptors (Lipinski definition) is 1. The van der Waals surface area contributed by atoms with Gasteiger partial charge in [-0.2, -0.15) is 0 Å². The summed E-state index contributed by atoms with van der Waals surface area (Å²) in [6, 6.07) is 8.68. The van der Waals surface area contributed by atoms with E-state index in [4.69, 9.17) is 0 Å². The van der Waals surface area contributed by atoms with Gasteiger partial charge in [0.25, 0.3) is 0 Å². The molecule has 1 aliphatic heterocycles. The molecule has 2 atom stereocenters. The second-order valence-corrected chi connectivity index (χ2v) is 6.77. The molecule has 1 N–H and O–H groups in total. The van der Waals surface area contributed by atoms with Crippen molar-refractivity contribution in [1.82, 2.24) is 10.2 Å². The Kier molecular flexibility index (Phi) is 5.46. The molecule has 0 spiro atoms. The zero-order chi connectivity index (χ0) is 14.5. The molecule has 1 aromatic rings. The predicted octanol–water partition coefficient (Wildman–Crippen LogP) is 3.82. The van der Waals surface area contributed by atoms with Gasteiger partial charge in [0, 0.05) is 23.6 Å². The lowest BCUT2D eigenvalue weighted by atomic mass is 10.1. The van der Waals surface area contributed by atoms with E-state index in [0.717, 1.165) is 36.8 Å². The third kappa shape index (κ3) is 4.51. The SMILES string of the molecule is CC1CCN(C(=O)NC(C)CCc2ccc(Br)cc2)C1. The number of hydrogen-bond donors (Lipinski definition) is 1. The van der Waals surface area contributed by atoms with E-state index in [0.29, 0.717) is 5.92 Å². The first kappa shape index (κ1) is 15.4. The Morgan fingerprint density at radius 2 is 2.15 bits per heavy atom. The van der Waals surface area contributed by atoms with E-state index in [1.165, 1.54) is 5.56 Å². The molecule has 1 saturated heterocycles. The van der Waals surface area contributed by atoms with Gasteiger partial charge >= 0.3 is 6.03 Å². The highest BCUT2D eigenvalue weighted by atomic mass is 79.9. The van der Waals surface area contributed by atoms with E-state index < -0.39 is 0 Å². The summed E-state index contributed by atoms with van der Waals surface area (Å²) >= 11 is 3.44. The minimum Gasteiger partial charge on any atom is -0.336 e. The fourth-order valence-electron chi connectivity index (χ4n) is 2.53. The van der Waals surface area contributed by atoms with Crippen molar-refractivity contribution in [3.05, 3.63) is 34.3 Å². The molecule has 20 heavy (non-hydrogen) atoms. The van der Waals surface area contributed by atoms with Crippen molar-refractivity contribution < 1.29 is 4.79 Å². The van der Waals surface area contributed by atoms with Crippen molar-refractivity contribution in [2.75, 3.05) is 13.1 Å². The Morgan fingerprint density at radius 1 is 1.45 bits per heavy atom. The fraction of sp³-hybridized carbons (Fsp3) is 0.562. The molecule has 0 bridgehead atoms. The lowest BCUT2D eigenvalue weighted by Crippen LogP contribution is -2.42. The molecule has 1 aliphatic rings. The summed E-state index contributed by atoms with van der Waals surface area (Å²) in [5.41, 5.74) is 1.31. The second-order valence-electron chi connectivity index (χ2n) is 5.86. The molecule has 0 aliphatic carbocycles. The highest BCUT2D eigenvalue weighted by Crippen LogP contribution is 2.15. The van der Waals surface area contributed by atoms with Crippen LogP contribution >= 0.6 is 15.9 Å². The number of likely N-dealkylation sites (tertiary alicyclic amines) is 1. The lowest BCUT2D eigenvalue weighted by Gasteiger charge is -2.20. The van der Waals surface area contributed by atoms with Gasteiger partial charge in [0.1, 0.15) is 0 Å². The zero-order valence-electron chi connectivity index (χ0n) is 12.2. The molecule has 2 rings (SSSR count). The number of carbonyl (C=O) groups excluding carboxylic acids is 1. The molecule has 0 radical (unpaired) electrons. The third-order valence-electron chi connectivity index (χ3n) is 3.86. The van der Waals surface area contributed by atoms with Crippen molar-refractivity contribution in [3.8, 4) is 0 Å². The van der Waals surface area contributed by atoms with Gasteiger partial charge in [0.15, 0.2) is 0 Å². The monoisotopic (exact) mass is 338 g/mol.